The third-order valence-electron chi connectivity index (χ3n) is 3.75. The van der Waals surface area contributed by atoms with Crippen LogP contribution in [0.25, 0.3) is 6.08 Å². The van der Waals surface area contributed by atoms with Crippen LogP contribution in [-0.4, -0.2) is 32.7 Å². The molecule has 1 amide bonds. The highest BCUT2D eigenvalue weighted by atomic mass is 16.6. The average Bonchev–Trinajstić information content (AvgIpc) is 2.71. The monoisotopic (exact) mass is 380 g/mol. The molecule has 2 aromatic carbocycles. The predicted molar refractivity (Wildman–Crippen MR) is 104 cm³/mol. The van der Waals surface area contributed by atoms with Crippen LogP contribution in [0.1, 0.15) is 11.1 Å². The molecule has 2 aromatic rings. The van der Waals surface area contributed by atoms with E-state index in [4.69, 9.17) is 9.47 Å². The van der Waals surface area contributed by atoms with Gasteiger partial charge in [-0.2, -0.15) is 5.26 Å². The summed E-state index contributed by atoms with van der Waals surface area (Å²) < 4.78 is 15.1. The number of aryl methyl sites for hydroxylation is 1. The van der Waals surface area contributed by atoms with Gasteiger partial charge in [0, 0.05) is 5.69 Å². The van der Waals surface area contributed by atoms with Crippen molar-refractivity contribution in [1.29, 1.82) is 5.26 Å². The fraction of sp³-hybridized carbons (Fsp3) is 0.190. The largest absolute Gasteiger partial charge is 0.493 e. The molecule has 0 fully saturated rings. The first-order valence-electron chi connectivity index (χ1n) is 8.34. The zero-order valence-corrected chi connectivity index (χ0v) is 15.8. The summed E-state index contributed by atoms with van der Waals surface area (Å²) in [5, 5.41) is 12.0. The molecule has 0 unspecified atom stereocenters. The summed E-state index contributed by atoms with van der Waals surface area (Å²) in [7, 11) is 2.71. The van der Waals surface area contributed by atoms with E-state index in [1.54, 1.807) is 30.3 Å². The molecule has 2 rings (SSSR count). The number of esters is 1. The Morgan fingerprint density at radius 3 is 2.43 bits per heavy atom. The van der Waals surface area contributed by atoms with E-state index in [0.717, 1.165) is 5.56 Å². The number of nitrogens with one attached hydrogen (secondary N) is 1. The van der Waals surface area contributed by atoms with E-state index in [1.165, 1.54) is 20.3 Å². The van der Waals surface area contributed by atoms with Gasteiger partial charge in [-0.1, -0.05) is 23.8 Å². The molecule has 0 aromatic heterocycles. The Kier molecular flexibility index (Phi) is 7.17. The van der Waals surface area contributed by atoms with Crippen LogP contribution >= 0.6 is 0 Å². The number of benzene rings is 2. The lowest BCUT2D eigenvalue weighted by molar-refractivity contribution is -0.142. The number of anilines is 1. The van der Waals surface area contributed by atoms with Gasteiger partial charge in [-0.25, -0.2) is 4.79 Å². The summed E-state index contributed by atoms with van der Waals surface area (Å²) in [6.45, 7) is 1.68. The molecule has 0 saturated heterocycles. The first-order chi connectivity index (χ1) is 13.5. The number of nitriles is 1. The molecular weight excluding hydrogens is 360 g/mol. The SMILES string of the molecule is COC(=O)COc1ccc(/C=C(\C#N)C(=O)Nc2ccc(C)cc2)cc1OC. The van der Waals surface area contributed by atoms with Gasteiger partial charge in [-0.3, -0.25) is 4.79 Å². The van der Waals surface area contributed by atoms with Gasteiger partial charge in [-0.15, -0.1) is 0 Å². The van der Waals surface area contributed by atoms with E-state index in [9.17, 15) is 14.9 Å². The van der Waals surface area contributed by atoms with Gasteiger partial charge < -0.3 is 19.5 Å². The minimum Gasteiger partial charge on any atom is -0.493 e. The third kappa shape index (κ3) is 5.61. The maximum atomic E-state index is 12.4. The van der Waals surface area contributed by atoms with Crippen LogP contribution in [0.15, 0.2) is 48.0 Å². The Labute approximate surface area is 163 Å². The van der Waals surface area contributed by atoms with Crippen molar-refractivity contribution in [2.75, 3.05) is 26.1 Å². The van der Waals surface area contributed by atoms with Crippen LogP contribution in [0.3, 0.4) is 0 Å². The predicted octanol–water partition coefficient (Wildman–Crippen LogP) is 3.10. The molecule has 0 spiro atoms. The number of methoxy groups -OCH3 is 2. The van der Waals surface area contributed by atoms with Crippen molar-refractivity contribution in [2.45, 2.75) is 6.92 Å². The Morgan fingerprint density at radius 1 is 1.11 bits per heavy atom. The lowest BCUT2D eigenvalue weighted by Crippen LogP contribution is -2.13. The third-order valence-corrected chi connectivity index (χ3v) is 3.75. The fourth-order valence-electron chi connectivity index (χ4n) is 2.24. The van der Waals surface area contributed by atoms with Crippen molar-refractivity contribution in [1.82, 2.24) is 0 Å². The van der Waals surface area contributed by atoms with Crippen molar-refractivity contribution in [3.05, 3.63) is 59.2 Å². The molecule has 1 N–H and O–H groups in total. The lowest BCUT2D eigenvalue weighted by atomic mass is 10.1. The van der Waals surface area contributed by atoms with Gasteiger partial charge in [0.25, 0.3) is 5.91 Å². The molecule has 0 aliphatic rings. The van der Waals surface area contributed by atoms with Crippen molar-refractivity contribution in [3.63, 3.8) is 0 Å². The molecule has 144 valence electrons. The fourth-order valence-corrected chi connectivity index (χ4v) is 2.24. The number of ether oxygens (including phenoxy) is 3. The van der Waals surface area contributed by atoms with Crippen LogP contribution in [0.5, 0.6) is 11.5 Å². The highest BCUT2D eigenvalue weighted by Crippen LogP contribution is 2.29. The summed E-state index contributed by atoms with van der Waals surface area (Å²) >= 11 is 0. The Morgan fingerprint density at radius 2 is 1.82 bits per heavy atom. The molecular formula is C21H20N2O5. The highest BCUT2D eigenvalue weighted by molar-refractivity contribution is 6.09. The van der Waals surface area contributed by atoms with E-state index in [0.29, 0.717) is 22.7 Å². The molecule has 0 aliphatic heterocycles. The van der Waals surface area contributed by atoms with Gasteiger partial charge in [0.2, 0.25) is 0 Å². The summed E-state index contributed by atoms with van der Waals surface area (Å²) in [5.74, 6) is -0.344. The van der Waals surface area contributed by atoms with E-state index in [2.05, 4.69) is 10.1 Å². The van der Waals surface area contributed by atoms with E-state index in [-0.39, 0.29) is 12.2 Å². The van der Waals surface area contributed by atoms with E-state index >= 15 is 0 Å². The maximum absolute atomic E-state index is 12.4. The molecule has 0 heterocycles. The van der Waals surface area contributed by atoms with Crippen LogP contribution in [-0.2, 0) is 14.3 Å². The van der Waals surface area contributed by atoms with Gasteiger partial charge in [-0.05, 0) is 42.8 Å². The van der Waals surface area contributed by atoms with Crippen molar-refractivity contribution < 1.29 is 23.8 Å². The zero-order chi connectivity index (χ0) is 20.5. The molecule has 28 heavy (non-hydrogen) atoms. The average molecular weight is 380 g/mol. The Hall–Kier alpha value is -3.79. The number of rotatable bonds is 7. The topological polar surface area (TPSA) is 97.7 Å². The zero-order valence-electron chi connectivity index (χ0n) is 15.8. The maximum Gasteiger partial charge on any atom is 0.343 e. The normalized spacial score (nSPS) is 10.6. The second-order valence-electron chi connectivity index (χ2n) is 5.77. The van der Waals surface area contributed by atoms with Crippen LogP contribution < -0.4 is 14.8 Å². The highest BCUT2D eigenvalue weighted by Gasteiger charge is 2.12. The smallest absolute Gasteiger partial charge is 0.343 e. The van der Waals surface area contributed by atoms with E-state index < -0.39 is 11.9 Å². The van der Waals surface area contributed by atoms with Crippen LogP contribution in [0, 0.1) is 18.3 Å². The Balaban J connectivity index is 2.18. The standard InChI is InChI=1S/C21H20N2O5/c1-14-4-7-17(8-5-14)23-21(25)16(12-22)10-15-6-9-18(19(11-15)26-2)28-13-20(24)27-3/h4-11H,13H2,1-3H3,(H,23,25)/b16-10+. The lowest BCUT2D eigenvalue weighted by Gasteiger charge is -2.10. The molecule has 0 saturated carbocycles. The first kappa shape index (κ1) is 20.5. The number of carbonyl (C=O) groups is 2. The number of carbonyl (C=O) groups excluding carboxylic acids is 2. The Bertz CT molecular complexity index is 927. The molecule has 0 atom stereocenters. The minimum absolute atomic E-state index is 0.0640. The van der Waals surface area contributed by atoms with E-state index in [1.807, 2.05) is 25.1 Å². The van der Waals surface area contributed by atoms with Crippen molar-refractivity contribution in [3.8, 4) is 17.6 Å². The quantitative estimate of drug-likeness (QED) is 0.450. The number of hydrogen-bond donors (Lipinski definition) is 1. The molecule has 7 heteroatoms. The second-order valence-corrected chi connectivity index (χ2v) is 5.77. The first-order valence-corrected chi connectivity index (χ1v) is 8.34. The minimum atomic E-state index is -0.523. The van der Waals surface area contributed by atoms with Crippen LogP contribution in [0.4, 0.5) is 5.69 Å². The van der Waals surface area contributed by atoms with Crippen LogP contribution in [0.2, 0.25) is 0 Å². The second kappa shape index (κ2) is 9.78. The van der Waals surface area contributed by atoms with Gasteiger partial charge in [0.15, 0.2) is 18.1 Å². The summed E-state index contributed by atoms with van der Waals surface area (Å²) in [5.41, 5.74) is 2.17. The van der Waals surface area contributed by atoms with Crippen molar-refractivity contribution >= 4 is 23.6 Å². The summed E-state index contributed by atoms with van der Waals surface area (Å²) in [4.78, 5) is 23.6. The number of amides is 1. The summed E-state index contributed by atoms with van der Waals surface area (Å²) in [6, 6.07) is 14.0. The van der Waals surface area contributed by atoms with Gasteiger partial charge in [0.1, 0.15) is 11.6 Å². The van der Waals surface area contributed by atoms with Gasteiger partial charge >= 0.3 is 5.97 Å². The molecule has 0 bridgehead atoms. The van der Waals surface area contributed by atoms with Crippen molar-refractivity contribution in [2.24, 2.45) is 0 Å². The molecule has 0 aliphatic carbocycles. The number of hydrogen-bond acceptors (Lipinski definition) is 6. The number of nitrogens with zero attached hydrogens (tertiary/aromatic N) is 1. The van der Waals surface area contributed by atoms with Gasteiger partial charge in [0.05, 0.1) is 14.2 Å². The molecule has 0 radical (unpaired) electrons. The summed E-state index contributed by atoms with van der Waals surface area (Å²) in [6.07, 6.45) is 1.44. The molecule has 7 nitrogen and oxygen atoms in total.